The highest BCUT2D eigenvalue weighted by atomic mass is 15.1. The van der Waals surface area contributed by atoms with Gasteiger partial charge in [-0.3, -0.25) is 0 Å². The number of aryl methyl sites for hydroxylation is 1. The minimum Gasteiger partial charge on any atom is -0.371 e. The van der Waals surface area contributed by atoms with Crippen molar-refractivity contribution >= 4 is 5.69 Å². The molecule has 0 saturated carbocycles. The van der Waals surface area contributed by atoms with Crippen LogP contribution in [0.15, 0.2) is 18.2 Å². The van der Waals surface area contributed by atoms with E-state index in [4.69, 9.17) is 5.73 Å². The average Bonchev–Trinajstić information content (AvgIpc) is 2.70. The molecule has 0 saturated heterocycles. The van der Waals surface area contributed by atoms with Crippen molar-refractivity contribution in [3.8, 4) is 0 Å². The van der Waals surface area contributed by atoms with Crippen molar-refractivity contribution in [1.82, 2.24) is 0 Å². The molecule has 2 nitrogen and oxygen atoms in total. The van der Waals surface area contributed by atoms with E-state index in [1.807, 2.05) is 0 Å². The fourth-order valence-electron chi connectivity index (χ4n) is 2.45. The molecule has 2 heteroatoms. The minimum absolute atomic E-state index is 0.787. The molecule has 88 valence electrons. The molecular weight excluding hydrogens is 196 g/mol. The van der Waals surface area contributed by atoms with Crippen molar-refractivity contribution in [3.63, 3.8) is 0 Å². The van der Waals surface area contributed by atoms with Crippen LogP contribution in [0.25, 0.3) is 0 Å². The van der Waals surface area contributed by atoms with Crippen LogP contribution in [0.2, 0.25) is 0 Å². The fourth-order valence-corrected chi connectivity index (χ4v) is 2.45. The van der Waals surface area contributed by atoms with Gasteiger partial charge in [-0.25, -0.2) is 0 Å². The molecule has 0 fully saturated rings. The van der Waals surface area contributed by atoms with Crippen molar-refractivity contribution in [2.45, 2.75) is 32.6 Å². The predicted octanol–water partition coefficient (Wildman–Crippen LogP) is 2.35. The summed E-state index contributed by atoms with van der Waals surface area (Å²) in [6, 6.07) is 6.94. The fraction of sp³-hybridized carbons (Fsp3) is 0.571. The molecule has 1 heterocycles. The summed E-state index contributed by atoms with van der Waals surface area (Å²) in [5.41, 5.74) is 9.98. The van der Waals surface area contributed by atoms with Crippen molar-refractivity contribution in [1.29, 1.82) is 0 Å². The van der Waals surface area contributed by atoms with Gasteiger partial charge in [0, 0.05) is 18.8 Å². The van der Waals surface area contributed by atoms with Crippen molar-refractivity contribution in [2.75, 3.05) is 24.5 Å². The van der Waals surface area contributed by atoms with Crippen LogP contribution < -0.4 is 10.6 Å². The number of benzene rings is 1. The summed E-state index contributed by atoms with van der Waals surface area (Å²) < 4.78 is 0. The Hall–Kier alpha value is -1.02. The lowest BCUT2D eigenvalue weighted by molar-refractivity contribution is 0.795. The van der Waals surface area contributed by atoms with Gasteiger partial charge in [0.05, 0.1) is 0 Å². The molecule has 0 atom stereocenters. The summed E-state index contributed by atoms with van der Waals surface area (Å²) in [5, 5.41) is 0. The molecule has 0 amide bonds. The third-order valence-electron chi connectivity index (χ3n) is 3.30. The number of rotatable bonds is 5. The summed E-state index contributed by atoms with van der Waals surface area (Å²) in [7, 11) is 0. The van der Waals surface area contributed by atoms with Crippen molar-refractivity contribution < 1.29 is 0 Å². The largest absolute Gasteiger partial charge is 0.371 e. The van der Waals surface area contributed by atoms with Gasteiger partial charge in [0.2, 0.25) is 0 Å². The quantitative estimate of drug-likeness (QED) is 0.822. The van der Waals surface area contributed by atoms with Crippen LogP contribution in [0, 0.1) is 0 Å². The molecule has 0 unspecified atom stereocenters. The molecule has 0 aromatic heterocycles. The first-order valence-electron chi connectivity index (χ1n) is 6.42. The zero-order chi connectivity index (χ0) is 11.4. The molecular formula is C14H22N2. The van der Waals surface area contributed by atoms with Gasteiger partial charge in [-0.05, 0) is 49.4 Å². The Bertz CT molecular complexity index is 345. The summed E-state index contributed by atoms with van der Waals surface area (Å²) in [6.07, 6.45) is 4.65. The van der Waals surface area contributed by atoms with E-state index in [2.05, 4.69) is 30.0 Å². The molecule has 1 aliphatic heterocycles. The maximum atomic E-state index is 5.55. The van der Waals surface area contributed by atoms with E-state index in [9.17, 15) is 0 Å². The van der Waals surface area contributed by atoms with Gasteiger partial charge in [-0.2, -0.15) is 0 Å². The molecule has 1 aliphatic rings. The average molecular weight is 218 g/mol. The van der Waals surface area contributed by atoms with E-state index in [-0.39, 0.29) is 0 Å². The van der Waals surface area contributed by atoms with Gasteiger partial charge in [-0.1, -0.05) is 19.1 Å². The van der Waals surface area contributed by atoms with Gasteiger partial charge in [-0.15, -0.1) is 0 Å². The first-order valence-corrected chi connectivity index (χ1v) is 6.42. The van der Waals surface area contributed by atoms with Crippen LogP contribution in [0.1, 0.15) is 30.9 Å². The Morgan fingerprint density at radius 2 is 2.25 bits per heavy atom. The molecule has 0 aliphatic carbocycles. The standard InChI is InChI=1S/C14H22N2/c1-2-9-16-10-7-13-6-5-12(4-3-8-15)11-14(13)16/h5-6,11H,2-4,7-10,15H2,1H3. The molecule has 0 spiro atoms. The molecule has 16 heavy (non-hydrogen) atoms. The SMILES string of the molecule is CCCN1CCc2ccc(CCCN)cc21. The second-order valence-electron chi connectivity index (χ2n) is 4.59. The third kappa shape index (κ3) is 2.38. The van der Waals surface area contributed by atoms with Crippen LogP contribution in [0.4, 0.5) is 5.69 Å². The Labute approximate surface area is 98.4 Å². The van der Waals surface area contributed by atoms with Gasteiger partial charge in [0.1, 0.15) is 0 Å². The van der Waals surface area contributed by atoms with Crippen molar-refractivity contribution in [3.05, 3.63) is 29.3 Å². The maximum Gasteiger partial charge on any atom is 0.0402 e. The monoisotopic (exact) mass is 218 g/mol. The topological polar surface area (TPSA) is 29.3 Å². The van der Waals surface area contributed by atoms with Gasteiger partial charge in [0.15, 0.2) is 0 Å². The second kappa shape index (κ2) is 5.35. The summed E-state index contributed by atoms with van der Waals surface area (Å²) in [5.74, 6) is 0. The van der Waals surface area contributed by atoms with E-state index < -0.39 is 0 Å². The number of fused-ring (bicyclic) bond motifs is 1. The Morgan fingerprint density at radius 3 is 3.00 bits per heavy atom. The van der Waals surface area contributed by atoms with E-state index in [1.54, 1.807) is 0 Å². The molecule has 0 radical (unpaired) electrons. The minimum atomic E-state index is 0.787. The van der Waals surface area contributed by atoms with E-state index in [0.29, 0.717) is 0 Å². The molecule has 1 aromatic rings. The number of hydrogen-bond donors (Lipinski definition) is 1. The number of anilines is 1. The number of hydrogen-bond acceptors (Lipinski definition) is 2. The molecule has 2 N–H and O–H groups in total. The first-order chi connectivity index (χ1) is 7.85. The van der Waals surface area contributed by atoms with E-state index >= 15 is 0 Å². The van der Waals surface area contributed by atoms with Crippen LogP contribution in [-0.2, 0) is 12.8 Å². The smallest absolute Gasteiger partial charge is 0.0402 e. The highest BCUT2D eigenvalue weighted by Gasteiger charge is 2.17. The highest BCUT2D eigenvalue weighted by Crippen LogP contribution is 2.29. The molecule has 0 bridgehead atoms. The lowest BCUT2D eigenvalue weighted by Gasteiger charge is -2.18. The Balaban J connectivity index is 2.13. The van der Waals surface area contributed by atoms with Gasteiger partial charge >= 0.3 is 0 Å². The third-order valence-corrected chi connectivity index (χ3v) is 3.30. The first kappa shape index (κ1) is 11.5. The highest BCUT2D eigenvalue weighted by molar-refractivity contribution is 5.59. The lowest BCUT2D eigenvalue weighted by atomic mass is 10.1. The van der Waals surface area contributed by atoms with Crippen molar-refractivity contribution in [2.24, 2.45) is 5.73 Å². The summed E-state index contributed by atoms with van der Waals surface area (Å²) in [4.78, 5) is 2.52. The molecule has 2 rings (SSSR count). The van der Waals surface area contributed by atoms with Crippen LogP contribution in [-0.4, -0.2) is 19.6 Å². The summed E-state index contributed by atoms with van der Waals surface area (Å²) in [6.45, 7) is 5.42. The van der Waals surface area contributed by atoms with E-state index in [1.165, 1.54) is 42.7 Å². The predicted molar refractivity (Wildman–Crippen MR) is 70.0 cm³/mol. The lowest BCUT2D eigenvalue weighted by Crippen LogP contribution is -2.21. The van der Waals surface area contributed by atoms with E-state index in [0.717, 1.165) is 19.4 Å². The number of nitrogens with two attached hydrogens (primary N) is 1. The molecule has 1 aromatic carbocycles. The van der Waals surface area contributed by atoms with Crippen LogP contribution >= 0.6 is 0 Å². The zero-order valence-corrected chi connectivity index (χ0v) is 10.2. The Morgan fingerprint density at radius 1 is 1.38 bits per heavy atom. The second-order valence-corrected chi connectivity index (χ2v) is 4.59. The normalized spacial score (nSPS) is 14.2. The van der Waals surface area contributed by atoms with Crippen LogP contribution in [0.3, 0.4) is 0 Å². The van der Waals surface area contributed by atoms with Crippen LogP contribution in [0.5, 0.6) is 0 Å². The van der Waals surface area contributed by atoms with Gasteiger partial charge in [0.25, 0.3) is 0 Å². The summed E-state index contributed by atoms with van der Waals surface area (Å²) >= 11 is 0. The number of nitrogens with zero attached hydrogens (tertiary/aromatic N) is 1. The Kier molecular flexibility index (Phi) is 3.83. The zero-order valence-electron chi connectivity index (χ0n) is 10.2. The maximum absolute atomic E-state index is 5.55. The van der Waals surface area contributed by atoms with Gasteiger partial charge < -0.3 is 10.6 Å².